The highest BCUT2D eigenvalue weighted by atomic mass is 16.5. The summed E-state index contributed by atoms with van der Waals surface area (Å²) in [6.07, 6.45) is 0.555. The Balaban J connectivity index is 2.11. The van der Waals surface area contributed by atoms with Gasteiger partial charge in [-0.2, -0.15) is 0 Å². The van der Waals surface area contributed by atoms with Crippen LogP contribution in [0.2, 0.25) is 0 Å². The molecular weight excluding hydrogens is 266 g/mol. The van der Waals surface area contributed by atoms with Crippen molar-refractivity contribution >= 4 is 6.09 Å². The molecule has 5 heteroatoms. The molecule has 1 aliphatic heterocycles. The molecule has 0 saturated carbocycles. The lowest BCUT2D eigenvalue weighted by molar-refractivity contribution is 0.164. The van der Waals surface area contributed by atoms with Gasteiger partial charge in [-0.3, -0.25) is 4.90 Å². The van der Waals surface area contributed by atoms with Crippen molar-refractivity contribution in [3.63, 3.8) is 0 Å². The molecule has 0 bridgehead atoms. The van der Waals surface area contributed by atoms with Crippen LogP contribution in [0.3, 0.4) is 0 Å². The van der Waals surface area contributed by atoms with Crippen molar-refractivity contribution in [3.05, 3.63) is 35.4 Å². The fourth-order valence-corrected chi connectivity index (χ4v) is 3.11. The summed E-state index contributed by atoms with van der Waals surface area (Å²) in [6, 6.07) is 8.69. The van der Waals surface area contributed by atoms with Crippen LogP contribution in [0.1, 0.15) is 30.5 Å². The summed E-state index contributed by atoms with van der Waals surface area (Å²) in [7, 11) is 1.39. The maximum Gasteiger partial charge on any atom is 0.407 e. The predicted molar refractivity (Wildman–Crippen MR) is 83.1 cm³/mol. The molecule has 3 unspecified atom stereocenters. The number of likely N-dealkylation sites (tertiary alicyclic amines) is 1. The molecule has 1 fully saturated rings. The number of alkyl carbamates (subject to hydrolysis) is 1. The van der Waals surface area contributed by atoms with Gasteiger partial charge in [0.2, 0.25) is 0 Å². The molecule has 3 N–H and O–H groups in total. The minimum Gasteiger partial charge on any atom is -0.453 e. The Morgan fingerprint density at radius 3 is 2.81 bits per heavy atom. The van der Waals surface area contributed by atoms with Crippen LogP contribution >= 0.6 is 0 Å². The number of hydrogen-bond donors (Lipinski definition) is 2. The number of nitrogens with zero attached hydrogens (tertiary/aromatic N) is 1. The van der Waals surface area contributed by atoms with E-state index < -0.39 is 0 Å². The minimum atomic E-state index is -0.366. The summed E-state index contributed by atoms with van der Waals surface area (Å²) in [5.74, 6) is 0. The van der Waals surface area contributed by atoms with Crippen molar-refractivity contribution in [3.8, 4) is 0 Å². The highest BCUT2D eigenvalue weighted by molar-refractivity contribution is 5.67. The van der Waals surface area contributed by atoms with Gasteiger partial charge in [0.15, 0.2) is 0 Å². The first-order valence-electron chi connectivity index (χ1n) is 7.42. The smallest absolute Gasteiger partial charge is 0.407 e. The highest BCUT2D eigenvalue weighted by Crippen LogP contribution is 2.29. The van der Waals surface area contributed by atoms with Gasteiger partial charge >= 0.3 is 6.09 Å². The van der Waals surface area contributed by atoms with Gasteiger partial charge in [-0.25, -0.2) is 4.79 Å². The third-order valence-electron chi connectivity index (χ3n) is 4.13. The monoisotopic (exact) mass is 291 g/mol. The minimum absolute atomic E-state index is 0.0305. The third-order valence-corrected chi connectivity index (χ3v) is 4.13. The summed E-state index contributed by atoms with van der Waals surface area (Å²) < 4.78 is 4.67. The molecule has 116 valence electrons. The molecule has 5 nitrogen and oxygen atoms in total. The normalized spacial score (nSPS) is 21.8. The van der Waals surface area contributed by atoms with E-state index >= 15 is 0 Å². The van der Waals surface area contributed by atoms with Crippen molar-refractivity contribution in [1.82, 2.24) is 10.2 Å². The number of aryl methyl sites for hydroxylation is 1. The second-order valence-corrected chi connectivity index (χ2v) is 5.78. The Morgan fingerprint density at radius 2 is 2.19 bits per heavy atom. The number of carbonyl (C=O) groups is 1. The topological polar surface area (TPSA) is 67.6 Å². The van der Waals surface area contributed by atoms with E-state index in [1.807, 2.05) is 13.0 Å². The van der Waals surface area contributed by atoms with Gasteiger partial charge in [-0.15, -0.1) is 0 Å². The summed E-state index contributed by atoms with van der Waals surface area (Å²) >= 11 is 0. The Labute approximate surface area is 126 Å². The number of ether oxygens (including phenoxy) is 1. The maximum absolute atomic E-state index is 11.3. The average Bonchev–Trinajstić information content (AvgIpc) is 2.89. The molecule has 3 atom stereocenters. The number of nitrogens with two attached hydrogens (primary N) is 1. The van der Waals surface area contributed by atoms with Crippen molar-refractivity contribution in [1.29, 1.82) is 0 Å². The van der Waals surface area contributed by atoms with E-state index in [2.05, 4.69) is 40.1 Å². The van der Waals surface area contributed by atoms with Crippen molar-refractivity contribution in [2.24, 2.45) is 5.73 Å². The highest BCUT2D eigenvalue weighted by Gasteiger charge is 2.32. The predicted octanol–water partition coefficient (Wildman–Crippen LogP) is 1.81. The standard InChI is InChI=1S/C16H25N3O2/c1-11-6-4-5-7-14(11)15(12(2)17)19-9-8-13(10-19)18-16(20)21-3/h4-7,12-13,15H,8-10,17H2,1-3H3,(H,18,20). The first kappa shape index (κ1) is 15.8. The molecule has 1 aromatic rings. The summed E-state index contributed by atoms with van der Waals surface area (Å²) in [6.45, 7) is 5.88. The molecule has 2 rings (SSSR count). The van der Waals surface area contributed by atoms with Gasteiger partial charge in [0.25, 0.3) is 0 Å². The van der Waals surface area contributed by atoms with Crippen LogP contribution in [0, 0.1) is 6.92 Å². The first-order chi connectivity index (χ1) is 10.0. The van der Waals surface area contributed by atoms with E-state index in [9.17, 15) is 4.79 Å². The van der Waals surface area contributed by atoms with E-state index in [0.717, 1.165) is 19.5 Å². The molecule has 0 aromatic heterocycles. The van der Waals surface area contributed by atoms with E-state index in [0.29, 0.717) is 0 Å². The van der Waals surface area contributed by atoms with Crippen LogP contribution in [-0.2, 0) is 4.74 Å². The van der Waals surface area contributed by atoms with Gasteiger partial charge in [-0.1, -0.05) is 24.3 Å². The molecule has 1 saturated heterocycles. The number of nitrogens with one attached hydrogen (secondary N) is 1. The van der Waals surface area contributed by atoms with Crippen molar-refractivity contribution < 1.29 is 9.53 Å². The fraction of sp³-hybridized carbons (Fsp3) is 0.562. The van der Waals surface area contributed by atoms with Gasteiger partial charge < -0.3 is 15.8 Å². The number of benzene rings is 1. The van der Waals surface area contributed by atoms with Gasteiger partial charge in [-0.05, 0) is 31.4 Å². The SMILES string of the molecule is COC(=O)NC1CCN(C(c2ccccc2C)C(C)N)C1. The van der Waals surface area contributed by atoms with Crippen molar-refractivity contribution in [2.75, 3.05) is 20.2 Å². The molecule has 1 amide bonds. The van der Waals surface area contributed by atoms with E-state index in [4.69, 9.17) is 5.73 Å². The molecule has 0 spiro atoms. The molecule has 1 heterocycles. The zero-order valence-corrected chi connectivity index (χ0v) is 13.0. The van der Waals surface area contributed by atoms with Gasteiger partial charge in [0.1, 0.15) is 0 Å². The third kappa shape index (κ3) is 3.74. The second-order valence-electron chi connectivity index (χ2n) is 5.78. The molecule has 1 aliphatic rings. The Kier molecular flexibility index (Phi) is 5.20. The lowest BCUT2D eigenvalue weighted by Crippen LogP contribution is -2.42. The number of amides is 1. The van der Waals surface area contributed by atoms with E-state index in [1.54, 1.807) is 0 Å². The zero-order valence-electron chi connectivity index (χ0n) is 13.0. The number of rotatable bonds is 4. The molecular formula is C16H25N3O2. The Bertz CT molecular complexity index is 490. The molecule has 0 aliphatic carbocycles. The number of methoxy groups -OCH3 is 1. The van der Waals surface area contributed by atoms with Crippen LogP contribution in [0.25, 0.3) is 0 Å². The van der Waals surface area contributed by atoms with Crippen LogP contribution in [0.15, 0.2) is 24.3 Å². The lowest BCUT2D eigenvalue weighted by atomic mass is 9.95. The Morgan fingerprint density at radius 1 is 1.48 bits per heavy atom. The Hall–Kier alpha value is -1.59. The number of carbonyl (C=O) groups excluding carboxylic acids is 1. The molecule has 0 radical (unpaired) electrons. The average molecular weight is 291 g/mol. The van der Waals surface area contributed by atoms with Crippen LogP contribution < -0.4 is 11.1 Å². The fourth-order valence-electron chi connectivity index (χ4n) is 3.11. The van der Waals surface area contributed by atoms with Gasteiger partial charge in [0, 0.05) is 31.2 Å². The van der Waals surface area contributed by atoms with Crippen LogP contribution in [0.4, 0.5) is 4.79 Å². The summed E-state index contributed by atoms with van der Waals surface area (Å²) in [5.41, 5.74) is 8.76. The van der Waals surface area contributed by atoms with E-state index in [-0.39, 0.29) is 24.2 Å². The maximum atomic E-state index is 11.3. The quantitative estimate of drug-likeness (QED) is 0.888. The van der Waals surface area contributed by atoms with Crippen LogP contribution in [0.5, 0.6) is 0 Å². The summed E-state index contributed by atoms with van der Waals surface area (Å²) in [5, 5.41) is 2.87. The van der Waals surface area contributed by atoms with Crippen LogP contribution in [-0.4, -0.2) is 43.3 Å². The zero-order chi connectivity index (χ0) is 15.4. The second kappa shape index (κ2) is 6.91. The van der Waals surface area contributed by atoms with Crippen molar-refractivity contribution in [2.45, 2.75) is 38.4 Å². The summed E-state index contributed by atoms with van der Waals surface area (Å²) in [4.78, 5) is 13.7. The number of hydrogen-bond acceptors (Lipinski definition) is 4. The van der Waals surface area contributed by atoms with E-state index in [1.165, 1.54) is 18.2 Å². The first-order valence-corrected chi connectivity index (χ1v) is 7.42. The van der Waals surface area contributed by atoms with Gasteiger partial charge in [0.05, 0.1) is 7.11 Å². The lowest BCUT2D eigenvalue weighted by Gasteiger charge is -2.32. The molecule has 21 heavy (non-hydrogen) atoms. The largest absolute Gasteiger partial charge is 0.453 e. The molecule has 1 aromatic carbocycles.